The predicted molar refractivity (Wildman–Crippen MR) is 78.0 cm³/mol. The second-order valence-corrected chi connectivity index (χ2v) is 6.50. The van der Waals surface area contributed by atoms with E-state index in [2.05, 4.69) is 37.9 Å². The van der Waals surface area contributed by atoms with E-state index in [1.165, 1.54) is 32.5 Å². The summed E-state index contributed by atoms with van der Waals surface area (Å²) in [5, 5.41) is 3.44. The number of nitrogens with zero attached hydrogens (tertiary/aromatic N) is 1. The summed E-state index contributed by atoms with van der Waals surface area (Å²) < 4.78 is 5.52. The van der Waals surface area contributed by atoms with E-state index in [0.717, 1.165) is 18.9 Å². The first-order valence-corrected chi connectivity index (χ1v) is 7.44. The van der Waals surface area contributed by atoms with Crippen LogP contribution < -0.4 is 5.32 Å². The molecule has 0 amide bonds. The van der Waals surface area contributed by atoms with Gasteiger partial charge in [0, 0.05) is 26.2 Å². The Hall–Kier alpha value is -0.120. The smallest absolute Gasteiger partial charge is 0.0634 e. The van der Waals surface area contributed by atoms with Crippen LogP contribution in [-0.4, -0.2) is 49.8 Å². The van der Waals surface area contributed by atoms with Gasteiger partial charge in [-0.15, -0.1) is 0 Å². The minimum Gasteiger partial charge on any atom is -0.379 e. The van der Waals surface area contributed by atoms with Gasteiger partial charge in [0.15, 0.2) is 0 Å². The summed E-state index contributed by atoms with van der Waals surface area (Å²) in [5.41, 5.74) is 0.00125. The fourth-order valence-corrected chi connectivity index (χ4v) is 2.47. The molecule has 1 saturated heterocycles. The molecule has 0 saturated carbocycles. The molecule has 1 aliphatic heterocycles. The van der Waals surface area contributed by atoms with Crippen molar-refractivity contribution in [1.82, 2.24) is 10.2 Å². The van der Waals surface area contributed by atoms with Crippen LogP contribution in [0.25, 0.3) is 0 Å². The second kappa shape index (κ2) is 7.46. The van der Waals surface area contributed by atoms with Gasteiger partial charge in [-0.25, -0.2) is 0 Å². The van der Waals surface area contributed by atoms with Crippen molar-refractivity contribution < 1.29 is 4.74 Å². The van der Waals surface area contributed by atoms with Crippen LogP contribution in [0.4, 0.5) is 0 Å². The fraction of sp³-hybridized carbons (Fsp3) is 1.00. The van der Waals surface area contributed by atoms with Crippen LogP contribution in [-0.2, 0) is 4.74 Å². The number of ether oxygens (including phenoxy) is 1. The van der Waals surface area contributed by atoms with Crippen molar-refractivity contribution in [3.8, 4) is 0 Å². The molecule has 0 atom stereocenters. The molecule has 0 spiro atoms. The molecule has 0 bridgehead atoms. The van der Waals surface area contributed by atoms with Crippen molar-refractivity contribution in [2.75, 3.05) is 33.3 Å². The zero-order chi connectivity index (χ0) is 13.6. The van der Waals surface area contributed by atoms with Crippen LogP contribution in [0.15, 0.2) is 0 Å². The van der Waals surface area contributed by atoms with Crippen molar-refractivity contribution in [2.45, 2.75) is 58.6 Å². The Bertz CT molecular complexity index is 223. The highest BCUT2D eigenvalue weighted by molar-refractivity contribution is 4.77. The molecule has 1 fully saturated rings. The average Bonchev–Trinajstić information content (AvgIpc) is 2.35. The third-order valence-electron chi connectivity index (χ3n) is 4.24. The molecule has 1 aliphatic rings. The molecule has 1 N–H and O–H groups in total. The Morgan fingerprint density at radius 3 is 2.39 bits per heavy atom. The van der Waals surface area contributed by atoms with Crippen molar-refractivity contribution in [3.05, 3.63) is 0 Å². The molecule has 108 valence electrons. The lowest BCUT2D eigenvalue weighted by Gasteiger charge is -2.35. The van der Waals surface area contributed by atoms with Crippen molar-refractivity contribution in [2.24, 2.45) is 5.92 Å². The van der Waals surface area contributed by atoms with Crippen molar-refractivity contribution >= 4 is 0 Å². The fourth-order valence-electron chi connectivity index (χ4n) is 2.47. The Morgan fingerprint density at radius 2 is 1.89 bits per heavy atom. The quantitative estimate of drug-likeness (QED) is 0.757. The van der Waals surface area contributed by atoms with Gasteiger partial charge in [-0.3, -0.25) is 0 Å². The maximum absolute atomic E-state index is 5.52. The summed E-state index contributed by atoms with van der Waals surface area (Å²) in [4.78, 5) is 2.62. The molecule has 3 nitrogen and oxygen atoms in total. The Balaban J connectivity index is 2.39. The van der Waals surface area contributed by atoms with Gasteiger partial charge in [-0.2, -0.15) is 0 Å². The molecule has 0 radical (unpaired) electrons. The van der Waals surface area contributed by atoms with Crippen LogP contribution in [0.2, 0.25) is 0 Å². The standard InChI is InChI=1S/C15H32N2O/c1-13(2)17(11-8-15(3,4)18-5)12-14-6-9-16-10-7-14/h13-14,16H,6-12H2,1-5H3. The average molecular weight is 256 g/mol. The maximum Gasteiger partial charge on any atom is 0.0634 e. The first-order chi connectivity index (χ1) is 8.44. The van der Waals surface area contributed by atoms with Crippen LogP contribution in [0.5, 0.6) is 0 Å². The normalized spacial score (nSPS) is 18.8. The van der Waals surface area contributed by atoms with Crippen LogP contribution >= 0.6 is 0 Å². The van der Waals surface area contributed by atoms with Gasteiger partial charge >= 0.3 is 0 Å². The zero-order valence-electron chi connectivity index (χ0n) is 13.0. The Labute approximate surface area is 113 Å². The lowest BCUT2D eigenvalue weighted by molar-refractivity contribution is 0.00316. The SMILES string of the molecule is COC(C)(C)CCN(CC1CCNCC1)C(C)C. The first-order valence-electron chi connectivity index (χ1n) is 7.44. The van der Waals surface area contributed by atoms with E-state index < -0.39 is 0 Å². The molecule has 1 heterocycles. The van der Waals surface area contributed by atoms with Crippen molar-refractivity contribution in [3.63, 3.8) is 0 Å². The Morgan fingerprint density at radius 1 is 1.28 bits per heavy atom. The second-order valence-electron chi connectivity index (χ2n) is 6.50. The van der Waals surface area contributed by atoms with Gasteiger partial charge in [-0.1, -0.05) is 0 Å². The molecule has 18 heavy (non-hydrogen) atoms. The summed E-state index contributed by atoms with van der Waals surface area (Å²) >= 11 is 0. The number of methoxy groups -OCH3 is 1. The zero-order valence-corrected chi connectivity index (χ0v) is 13.0. The van der Waals surface area contributed by atoms with Crippen LogP contribution in [0.3, 0.4) is 0 Å². The van der Waals surface area contributed by atoms with Crippen LogP contribution in [0, 0.1) is 5.92 Å². The highest BCUT2D eigenvalue weighted by atomic mass is 16.5. The summed E-state index contributed by atoms with van der Waals surface area (Å²) in [6.45, 7) is 13.7. The molecule has 0 aromatic heterocycles. The molecule has 0 aromatic carbocycles. The van der Waals surface area contributed by atoms with E-state index in [-0.39, 0.29) is 5.60 Å². The van der Waals surface area contributed by atoms with Crippen molar-refractivity contribution in [1.29, 1.82) is 0 Å². The molecular formula is C15H32N2O. The van der Waals surface area contributed by atoms with Gasteiger partial charge in [0.25, 0.3) is 0 Å². The van der Waals surface area contributed by atoms with E-state index in [4.69, 9.17) is 4.74 Å². The number of piperidine rings is 1. The van der Waals surface area contributed by atoms with Gasteiger partial charge < -0.3 is 15.0 Å². The topological polar surface area (TPSA) is 24.5 Å². The highest BCUT2D eigenvalue weighted by Crippen LogP contribution is 2.18. The van der Waals surface area contributed by atoms with E-state index in [0.29, 0.717) is 6.04 Å². The minimum absolute atomic E-state index is 0.00125. The minimum atomic E-state index is 0.00125. The summed E-state index contributed by atoms with van der Waals surface area (Å²) in [6, 6.07) is 0.632. The first kappa shape index (κ1) is 15.9. The lowest BCUT2D eigenvalue weighted by Crippen LogP contribution is -2.41. The molecule has 0 aromatic rings. The summed E-state index contributed by atoms with van der Waals surface area (Å²) in [5.74, 6) is 0.874. The number of rotatable bonds is 7. The molecule has 0 unspecified atom stereocenters. The predicted octanol–water partition coefficient (Wildman–Crippen LogP) is 2.51. The highest BCUT2D eigenvalue weighted by Gasteiger charge is 2.22. The molecule has 1 rings (SSSR count). The van der Waals surface area contributed by atoms with Gasteiger partial charge in [0.1, 0.15) is 0 Å². The van der Waals surface area contributed by atoms with Gasteiger partial charge in [-0.05, 0) is 66.0 Å². The lowest BCUT2D eigenvalue weighted by atomic mass is 9.96. The number of hydrogen-bond donors (Lipinski definition) is 1. The van der Waals surface area contributed by atoms with E-state index in [1.54, 1.807) is 0 Å². The van der Waals surface area contributed by atoms with E-state index in [9.17, 15) is 0 Å². The number of hydrogen-bond acceptors (Lipinski definition) is 3. The Kier molecular flexibility index (Phi) is 6.61. The van der Waals surface area contributed by atoms with Crippen LogP contribution in [0.1, 0.15) is 47.0 Å². The maximum atomic E-state index is 5.52. The van der Waals surface area contributed by atoms with Gasteiger partial charge in [0.2, 0.25) is 0 Å². The summed E-state index contributed by atoms with van der Waals surface area (Å²) in [7, 11) is 1.81. The third-order valence-corrected chi connectivity index (χ3v) is 4.24. The van der Waals surface area contributed by atoms with E-state index >= 15 is 0 Å². The molecule has 3 heteroatoms. The summed E-state index contributed by atoms with van der Waals surface area (Å²) in [6.07, 6.45) is 3.76. The largest absolute Gasteiger partial charge is 0.379 e. The molecule has 0 aliphatic carbocycles. The molecular weight excluding hydrogens is 224 g/mol. The third kappa shape index (κ3) is 5.68. The van der Waals surface area contributed by atoms with Gasteiger partial charge in [0.05, 0.1) is 5.60 Å². The van der Waals surface area contributed by atoms with E-state index in [1.807, 2.05) is 7.11 Å². The number of nitrogens with one attached hydrogen (secondary N) is 1. The monoisotopic (exact) mass is 256 g/mol.